The highest BCUT2D eigenvalue weighted by Crippen LogP contribution is 2.32. The number of hydrogen-bond donors (Lipinski definition) is 1. The van der Waals surface area contributed by atoms with Crippen LogP contribution < -0.4 is 19.9 Å². The molecule has 4 saturated heterocycles. The summed E-state index contributed by atoms with van der Waals surface area (Å²) in [7, 11) is 0. The summed E-state index contributed by atoms with van der Waals surface area (Å²) in [5, 5.41) is 20.4. The average Bonchev–Trinajstić information content (AvgIpc) is 3.46. The number of rotatable bonds is 8. The smallest absolute Gasteiger partial charge is 0.274 e. The number of nitriles is 1. The highest BCUT2D eigenvalue weighted by Gasteiger charge is 2.45. The van der Waals surface area contributed by atoms with E-state index in [0.717, 1.165) is 75.1 Å². The zero-order valence-electron chi connectivity index (χ0n) is 30.9. The van der Waals surface area contributed by atoms with Gasteiger partial charge in [0.2, 0.25) is 11.8 Å². The molecule has 0 aliphatic carbocycles. The summed E-state index contributed by atoms with van der Waals surface area (Å²) in [6.45, 7) is 7.16. The highest BCUT2D eigenvalue weighted by atomic mass is 35.5. The van der Waals surface area contributed by atoms with Crippen molar-refractivity contribution in [3.8, 4) is 11.8 Å². The van der Waals surface area contributed by atoms with Gasteiger partial charge in [0.05, 0.1) is 21.7 Å². The third-order valence-electron chi connectivity index (χ3n) is 11.6. The van der Waals surface area contributed by atoms with Gasteiger partial charge in [0.15, 0.2) is 11.5 Å². The largest absolute Gasteiger partial charge is 0.490 e. The van der Waals surface area contributed by atoms with Crippen LogP contribution in [0.25, 0.3) is 0 Å². The Morgan fingerprint density at radius 1 is 0.821 bits per heavy atom. The highest BCUT2D eigenvalue weighted by molar-refractivity contribution is 6.31. The molecule has 5 amide bonds. The molecule has 0 bridgehead atoms. The number of likely N-dealkylation sites (tertiary alicyclic amines) is 1. The number of hydrogen-bond acceptors (Lipinski definition) is 12. The number of carbonyl (C=O) groups excluding carboxylic acids is 5. The fourth-order valence-electron chi connectivity index (χ4n) is 8.35. The van der Waals surface area contributed by atoms with Crippen LogP contribution in [0.1, 0.15) is 75.3 Å². The van der Waals surface area contributed by atoms with Crippen LogP contribution in [0.5, 0.6) is 5.75 Å². The number of ether oxygens (including phenoxy) is 1. The summed E-state index contributed by atoms with van der Waals surface area (Å²) in [6, 6.07) is 15.1. The van der Waals surface area contributed by atoms with Gasteiger partial charge in [-0.3, -0.25) is 39.1 Å². The Morgan fingerprint density at radius 3 is 2.25 bits per heavy atom. The van der Waals surface area contributed by atoms with Gasteiger partial charge >= 0.3 is 0 Å². The molecule has 16 heteroatoms. The second-order valence-corrected chi connectivity index (χ2v) is 15.4. The third-order valence-corrected chi connectivity index (χ3v) is 11.9. The summed E-state index contributed by atoms with van der Waals surface area (Å²) in [5.41, 5.74) is 2.19. The van der Waals surface area contributed by atoms with Gasteiger partial charge in [0, 0.05) is 89.9 Å². The van der Waals surface area contributed by atoms with Gasteiger partial charge in [-0.25, -0.2) is 0 Å². The number of halogens is 1. The molecule has 5 aliphatic rings. The van der Waals surface area contributed by atoms with E-state index in [0.29, 0.717) is 59.4 Å². The molecular weight excluding hydrogens is 738 g/mol. The maximum atomic E-state index is 13.3. The number of fused-ring (bicyclic) bond motifs is 1. The standard InChI is InChI=1S/C40H42ClN9O6/c41-32-22-29(3-1-26(32)23-42)56-28-11-15-49(16-12-28)40(55)33-5-7-35(45-44-33)48-13-9-25(10-14-48)24-46-17-19-47(20-18-46)27-2-4-30-31(21-27)39(54)50(38(30)53)34-6-8-36(51)43-37(34)52/h1-5,7,21-22,25,28,34H,6,8-20,24H2,(H,43,51,52). The van der Waals surface area contributed by atoms with E-state index in [-0.39, 0.29) is 30.4 Å². The summed E-state index contributed by atoms with van der Waals surface area (Å²) in [6.07, 6.45) is 3.57. The van der Waals surface area contributed by atoms with E-state index < -0.39 is 29.7 Å². The number of piperazine rings is 1. The summed E-state index contributed by atoms with van der Waals surface area (Å²) in [5.74, 6) is -0.199. The fraction of sp³-hybridized carbons (Fsp3) is 0.450. The van der Waals surface area contributed by atoms with Gasteiger partial charge < -0.3 is 19.4 Å². The number of nitrogens with zero attached hydrogens (tertiary/aromatic N) is 8. The minimum Gasteiger partial charge on any atom is -0.490 e. The fourth-order valence-corrected chi connectivity index (χ4v) is 8.57. The van der Waals surface area contributed by atoms with E-state index in [2.05, 4.69) is 30.2 Å². The first-order valence-corrected chi connectivity index (χ1v) is 19.6. The van der Waals surface area contributed by atoms with Gasteiger partial charge in [-0.2, -0.15) is 5.26 Å². The van der Waals surface area contributed by atoms with Crippen molar-refractivity contribution in [1.82, 2.24) is 30.2 Å². The zero-order chi connectivity index (χ0) is 38.9. The molecule has 0 saturated carbocycles. The quantitative estimate of drug-likeness (QED) is 0.332. The average molecular weight is 780 g/mol. The first-order chi connectivity index (χ1) is 27.1. The van der Waals surface area contributed by atoms with Gasteiger partial charge in [-0.05, 0) is 67.6 Å². The number of benzene rings is 2. The van der Waals surface area contributed by atoms with Gasteiger partial charge in [0.1, 0.15) is 24.0 Å². The minimum atomic E-state index is -0.977. The van der Waals surface area contributed by atoms with Crippen molar-refractivity contribution in [3.05, 3.63) is 75.9 Å². The predicted molar refractivity (Wildman–Crippen MR) is 204 cm³/mol. The summed E-state index contributed by atoms with van der Waals surface area (Å²) < 4.78 is 6.06. The molecule has 2 aromatic carbocycles. The van der Waals surface area contributed by atoms with Crippen molar-refractivity contribution in [3.63, 3.8) is 0 Å². The lowest BCUT2D eigenvalue weighted by Crippen LogP contribution is -2.54. The molecule has 290 valence electrons. The Bertz CT molecular complexity index is 2080. The van der Waals surface area contributed by atoms with Crippen LogP contribution in [0, 0.1) is 17.2 Å². The van der Waals surface area contributed by atoms with Crippen molar-refractivity contribution >= 4 is 52.6 Å². The molecule has 1 N–H and O–H groups in total. The topological polar surface area (TPSA) is 172 Å². The minimum absolute atomic E-state index is 0.0513. The Balaban J connectivity index is 0.767. The number of imide groups is 2. The molecule has 6 heterocycles. The number of amides is 5. The lowest BCUT2D eigenvalue weighted by Gasteiger charge is -2.39. The zero-order valence-corrected chi connectivity index (χ0v) is 31.6. The van der Waals surface area contributed by atoms with Crippen molar-refractivity contribution in [1.29, 1.82) is 5.26 Å². The van der Waals surface area contributed by atoms with Gasteiger partial charge in [-0.1, -0.05) is 11.6 Å². The number of carbonyl (C=O) groups is 5. The Kier molecular flexibility index (Phi) is 10.6. The van der Waals surface area contributed by atoms with E-state index in [1.807, 2.05) is 18.2 Å². The van der Waals surface area contributed by atoms with Gasteiger partial charge in [-0.15, -0.1) is 10.2 Å². The molecule has 1 atom stereocenters. The summed E-state index contributed by atoms with van der Waals surface area (Å²) >= 11 is 6.14. The molecule has 1 unspecified atom stereocenters. The third kappa shape index (κ3) is 7.63. The van der Waals surface area contributed by atoms with E-state index >= 15 is 0 Å². The van der Waals surface area contributed by atoms with Crippen molar-refractivity contribution in [2.24, 2.45) is 5.92 Å². The number of piperidine rings is 3. The number of anilines is 2. The second-order valence-electron chi connectivity index (χ2n) is 15.0. The second kappa shape index (κ2) is 15.9. The van der Waals surface area contributed by atoms with Crippen LogP contribution in [0.3, 0.4) is 0 Å². The molecule has 0 spiro atoms. The van der Waals surface area contributed by atoms with Crippen LogP contribution in [0.15, 0.2) is 48.5 Å². The number of nitrogens with one attached hydrogen (secondary N) is 1. The molecule has 0 radical (unpaired) electrons. The van der Waals surface area contributed by atoms with Crippen molar-refractivity contribution in [2.45, 2.75) is 50.7 Å². The predicted octanol–water partition coefficient (Wildman–Crippen LogP) is 3.13. The van der Waals surface area contributed by atoms with Crippen LogP contribution in [0.2, 0.25) is 5.02 Å². The molecule has 56 heavy (non-hydrogen) atoms. The lowest BCUT2D eigenvalue weighted by atomic mass is 9.96. The van der Waals surface area contributed by atoms with Crippen LogP contribution in [-0.2, 0) is 9.59 Å². The lowest BCUT2D eigenvalue weighted by molar-refractivity contribution is -0.136. The van der Waals surface area contributed by atoms with Crippen LogP contribution >= 0.6 is 11.6 Å². The normalized spacial score (nSPS) is 21.2. The summed E-state index contributed by atoms with van der Waals surface area (Å²) in [4.78, 5) is 73.4. The van der Waals surface area contributed by atoms with E-state index in [9.17, 15) is 24.0 Å². The van der Waals surface area contributed by atoms with E-state index in [1.54, 1.807) is 41.3 Å². The molecule has 15 nitrogen and oxygen atoms in total. The maximum Gasteiger partial charge on any atom is 0.274 e. The molecule has 8 rings (SSSR count). The Morgan fingerprint density at radius 2 is 1.57 bits per heavy atom. The Labute approximate surface area is 329 Å². The number of aromatic nitrogens is 2. The monoisotopic (exact) mass is 779 g/mol. The van der Waals surface area contributed by atoms with E-state index in [4.69, 9.17) is 21.6 Å². The van der Waals surface area contributed by atoms with Crippen molar-refractivity contribution in [2.75, 3.05) is 68.7 Å². The first kappa shape index (κ1) is 37.3. The molecule has 1 aromatic heterocycles. The van der Waals surface area contributed by atoms with Crippen LogP contribution in [-0.4, -0.2) is 125 Å². The SMILES string of the molecule is N#Cc1ccc(OC2CCN(C(=O)c3ccc(N4CCC(CN5CCN(c6ccc7c(c6)C(=O)N(C6CCC(=O)NC6=O)C7=O)CC5)CC4)nn3)CC2)cc1Cl. The molecule has 4 fully saturated rings. The molecule has 3 aromatic rings. The van der Waals surface area contributed by atoms with Gasteiger partial charge in [0.25, 0.3) is 17.7 Å². The Hall–Kier alpha value is -5.59. The van der Waals surface area contributed by atoms with E-state index in [1.165, 1.54) is 0 Å². The maximum absolute atomic E-state index is 13.3. The molecule has 5 aliphatic heterocycles. The van der Waals surface area contributed by atoms with Crippen LogP contribution in [0.4, 0.5) is 11.5 Å². The molecular formula is C40H42ClN9O6. The van der Waals surface area contributed by atoms with Crippen molar-refractivity contribution < 1.29 is 28.7 Å². The first-order valence-electron chi connectivity index (χ1n) is 19.2.